The highest BCUT2D eigenvalue weighted by atomic mass is 35.5. The zero-order valence-electron chi connectivity index (χ0n) is 17.8. The van der Waals surface area contributed by atoms with Gasteiger partial charge in [-0.05, 0) is 47.7 Å². The van der Waals surface area contributed by atoms with Crippen LogP contribution in [-0.4, -0.2) is 30.6 Å². The van der Waals surface area contributed by atoms with Gasteiger partial charge in [0.1, 0.15) is 6.26 Å². The molecule has 5 nitrogen and oxygen atoms in total. The van der Waals surface area contributed by atoms with Crippen LogP contribution >= 0.6 is 11.6 Å². The van der Waals surface area contributed by atoms with Crippen molar-refractivity contribution < 1.29 is 13.9 Å². The van der Waals surface area contributed by atoms with Crippen molar-refractivity contribution in [2.45, 2.75) is 32.9 Å². The number of oxazole rings is 1. The van der Waals surface area contributed by atoms with Gasteiger partial charge in [0, 0.05) is 19.1 Å². The fourth-order valence-corrected chi connectivity index (χ4v) is 4.55. The van der Waals surface area contributed by atoms with Crippen LogP contribution in [0.3, 0.4) is 0 Å². The predicted octanol–water partition coefficient (Wildman–Crippen LogP) is 5.77. The number of benzene rings is 2. The van der Waals surface area contributed by atoms with Gasteiger partial charge in [0.2, 0.25) is 5.89 Å². The number of aromatic nitrogens is 1. The molecule has 1 atom stereocenters. The Labute approximate surface area is 182 Å². The van der Waals surface area contributed by atoms with Crippen LogP contribution in [0.25, 0.3) is 11.5 Å². The third-order valence-electron chi connectivity index (χ3n) is 5.68. The van der Waals surface area contributed by atoms with Crippen LogP contribution in [0.2, 0.25) is 5.02 Å². The van der Waals surface area contributed by atoms with Crippen molar-refractivity contribution in [1.29, 1.82) is 0 Å². The van der Waals surface area contributed by atoms with Gasteiger partial charge in [-0.1, -0.05) is 37.6 Å². The fourth-order valence-electron chi connectivity index (χ4n) is 4.33. The van der Waals surface area contributed by atoms with Crippen LogP contribution in [0, 0.1) is 5.92 Å². The van der Waals surface area contributed by atoms with E-state index in [-0.39, 0.29) is 6.04 Å². The molecule has 1 aromatic heterocycles. The molecule has 1 aliphatic heterocycles. The lowest BCUT2D eigenvalue weighted by Gasteiger charge is -2.39. The van der Waals surface area contributed by atoms with E-state index in [9.17, 15) is 0 Å². The highest BCUT2D eigenvalue weighted by Gasteiger charge is 2.31. The van der Waals surface area contributed by atoms with Gasteiger partial charge in [-0.25, -0.2) is 4.98 Å². The van der Waals surface area contributed by atoms with Crippen molar-refractivity contribution in [3.63, 3.8) is 0 Å². The minimum Gasteiger partial charge on any atom is -0.493 e. The Morgan fingerprint density at radius 2 is 1.90 bits per heavy atom. The summed E-state index contributed by atoms with van der Waals surface area (Å²) in [4.78, 5) is 7.17. The molecular formula is C24H27ClN2O3. The first-order valence-corrected chi connectivity index (χ1v) is 10.6. The minimum absolute atomic E-state index is 0.258. The number of hydrogen-bond donors (Lipinski definition) is 0. The number of rotatable bonds is 6. The quantitative estimate of drug-likeness (QED) is 0.501. The summed E-state index contributed by atoms with van der Waals surface area (Å²) in [5.74, 6) is 2.54. The number of fused-ring (bicyclic) bond motifs is 1. The van der Waals surface area contributed by atoms with Crippen molar-refractivity contribution in [1.82, 2.24) is 9.88 Å². The largest absolute Gasteiger partial charge is 0.493 e. The van der Waals surface area contributed by atoms with E-state index in [2.05, 4.69) is 30.9 Å². The maximum Gasteiger partial charge on any atom is 0.227 e. The summed E-state index contributed by atoms with van der Waals surface area (Å²) in [5, 5.41) is 0.638. The minimum atomic E-state index is 0.258. The summed E-state index contributed by atoms with van der Waals surface area (Å²) in [7, 11) is 3.36. The van der Waals surface area contributed by atoms with E-state index in [1.807, 2.05) is 24.3 Å². The molecule has 0 bridgehead atoms. The van der Waals surface area contributed by atoms with E-state index < -0.39 is 0 Å². The average molecular weight is 427 g/mol. The van der Waals surface area contributed by atoms with Crippen LogP contribution in [-0.2, 0) is 13.0 Å². The third kappa shape index (κ3) is 3.92. The van der Waals surface area contributed by atoms with Crippen molar-refractivity contribution in [3.05, 3.63) is 64.5 Å². The fraction of sp³-hybridized carbons (Fsp3) is 0.375. The van der Waals surface area contributed by atoms with E-state index in [4.69, 9.17) is 30.5 Å². The molecule has 6 heteroatoms. The molecule has 0 aliphatic carbocycles. The van der Waals surface area contributed by atoms with E-state index >= 15 is 0 Å². The number of halogens is 1. The van der Waals surface area contributed by atoms with E-state index in [0.717, 1.165) is 35.7 Å². The lowest BCUT2D eigenvalue weighted by Crippen LogP contribution is -2.37. The number of ether oxygens (including phenoxy) is 2. The molecule has 1 aliphatic rings. The first kappa shape index (κ1) is 20.8. The third-order valence-corrected chi connectivity index (χ3v) is 6.01. The molecule has 2 aromatic carbocycles. The first-order valence-electron chi connectivity index (χ1n) is 10.2. The SMILES string of the molecule is COc1cc2c(cc1OC)C(C(C)C)N(Cc1coc(-c3ccccc3Cl)n1)CC2. The molecule has 0 saturated carbocycles. The monoisotopic (exact) mass is 426 g/mol. The van der Waals surface area contributed by atoms with Gasteiger partial charge in [0.15, 0.2) is 11.5 Å². The van der Waals surface area contributed by atoms with Crippen molar-refractivity contribution in [2.24, 2.45) is 5.92 Å². The summed E-state index contributed by atoms with van der Waals surface area (Å²) < 4.78 is 16.8. The zero-order valence-corrected chi connectivity index (χ0v) is 18.6. The van der Waals surface area contributed by atoms with Crippen molar-refractivity contribution in [2.75, 3.05) is 20.8 Å². The Morgan fingerprint density at radius 1 is 1.17 bits per heavy atom. The van der Waals surface area contributed by atoms with Crippen LogP contribution in [0.5, 0.6) is 11.5 Å². The Kier molecular flexibility index (Phi) is 6.02. The average Bonchev–Trinajstić information content (AvgIpc) is 3.20. The molecule has 0 fully saturated rings. The smallest absolute Gasteiger partial charge is 0.227 e. The second-order valence-corrected chi connectivity index (χ2v) is 8.35. The lowest BCUT2D eigenvalue weighted by molar-refractivity contribution is 0.133. The molecule has 158 valence electrons. The van der Waals surface area contributed by atoms with E-state index in [0.29, 0.717) is 23.4 Å². The highest BCUT2D eigenvalue weighted by Crippen LogP contribution is 2.41. The van der Waals surface area contributed by atoms with Gasteiger partial charge < -0.3 is 13.9 Å². The number of hydrogen-bond acceptors (Lipinski definition) is 5. The Bertz CT molecular complexity index is 1030. The molecule has 4 rings (SSSR count). The molecule has 0 spiro atoms. The Balaban J connectivity index is 1.62. The molecule has 0 radical (unpaired) electrons. The van der Waals surface area contributed by atoms with Crippen LogP contribution in [0.1, 0.15) is 36.7 Å². The van der Waals surface area contributed by atoms with Gasteiger partial charge in [-0.3, -0.25) is 4.90 Å². The predicted molar refractivity (Wildman–Crippen MR) is 118 cm³/mol. The van der Waals surface area contributed by atoms with Crippen LogP contribution in [0.15, 0.2) is 47.1 Å². The van der Waals surface area contributed by atoms with Crippen molar-refractivity contribution in [3.8, 4) is 23.0 Å². The summed E-state index contributed by atoms with van der Waals surface area (Å²) in [6.45, 7) is 6.16. The first-order chi connectivity index (χ1) is 14.5. The maximum absolute atomic E-state index is 6.30. The molecule has 3 aromatic rings. The number of methoxy groups -OCH3 is 2. The molecule has 0 amide bonds. The Morgan fingerprint density at radius 3 is 2.60 bits per heavy atom. The standard InChI is InChI=1S/C24H27ClN2O3/c1-15(2)23-19-12-22(29-4)21(28-3)11-16(19)9-10-27(23)13-17-14-30-24(26-17)18-7-5-6-8-20(18)25/h5-8,11-12,14-15,23H,9-10,13H2,1-4H3. The highest BCUT2D eigenvalue weighted by molar-refractivity contribution is 6.33. The summed E-state index contributed by atoms with van der Waals surface area (Å²) in [5.41, 5.74) is 4.33. The Hall–Kier alpha value is -2.50. The molecule has 30 heavy (non-hydrogen) atoms. The topological polar surface area (TPSA) is 47.7 Å². The van der Waals surface area contributed by atoms with Gasteiger partial charge in [-0.2, -0.15) is 0 Å². The molecule has 0 saturated heterocycles. The van der Waals surface area contributed by atoms with Crippen LogP contribution < -0.4 is 9.47 Å². The van der Waals surface area contributed by atoms with Crippen molar-refractivity contribution >= 4 is 11.6 Å². The normalized spacial score (nSPS) is 16.5. The van der Waals surface area contributed by atoms with Crippen LogP contribution in [0.4, 0.5) is 0 Å². The molecule has 2 heterocycles. The van der Waals surface area contributed by atoms with Gasteiger partial charge in [0.05, 0.1) is 30.5 Å². The summed E-state index contributed by atoms with van der Waals surface area (Å²) in [6.07, 6.45) is 2.69. The van der Waals surface area contributed by atoms with E-state index in [1.165, 1.54) is 11.1 Å². The van der Waals surface area contributed by atoms with Gasteiger partial charge >= 0.3 is 0 Å². The van der Waals surface area contributed by atoms with E-state index in [1.54, 1.807) is 20.5 Å². The maximum atomic E-state index is 6.30. The van der Waals surface area contributed by atoms with Gasteiger partial charge in [-0.15, -0.1) is 0 Å². The lowest BCUT2D eigenvalue weighted by atomic mass is 9.85. The van der Waals surface area contributed by atoms with Gasteiger partial charge in [0.25, 0.3) is 0 Å². The summed E-state index contributed by atoms with van der Waals surface area (Å²) in [6, 6.07) is 12.1. The molecular weight excluding hydrogens is 400 g/mol. The summed E-state index contributed by atoms with van der Waals surface area (Å²) >= 11 is 6.30. The molecule has 0 N–H and O–H groups in total. The second-order valence-electron chi connectivity index (χ2n) is 7.94. The zero-order chi connectivity index (χ0) is 21.3. The second kappa shape index (κ2) is 8.70. The number of nitrogens with zero attached hydrogens (tertiary/aromatic N) is 2. The molecule has 1 unspecified atom stereocenters.